The number of esters is 1. The molecule has 25 heavy (non-hydrogen) atoms. The molecule has 1 aromatic heterocycles. The predicted molar refractivity (Wildman–Crippen MR) is 95.3 cm³/mol. The number of amides is 1. The van der Waals surface area contributed by atoms with Crippen LogP contribution in [0, 0.1) is 5.82 Å². The number of benzene rings is 1. The van der Waals surface area contributed by atoms with E-state index < -0.39 is 11.8 Å². The van der Waals surface area contributed by atoms with E-state index in [0.29, 0.717) is 15.6 Å². The van der Waals surface area contributed by atoms with E-state index in [1.807, 2.05) is 13.8 Å². The minimum absolute atomic E-state index is 0.0636. The average Bonchev–Trinajstić information content (AvgIpc) is 2.98. The smallest absolute Gasteiger partial charge is 0.349 e. The van der Waals surface area contributed by atoms with Crippen LogP contribution in [-0.4, -0.2) is 31.6 Å². The number of nitrogens with one attached hydrogen (secondary N) is 1. The van der Waals surface area contributed by atoms with E-state index in [1.165, 1.54) is 13.2 Å². The Hall–Kier alpha value is -1.99. The van der Waals surface area contributed by atoms with Crippen LogP contribution in [0.2, 0.25) is 0 Å². The third-order valence-electron chi connectivity index (χ3n) is 3.92. The number of ether oxygens (including phenoxy) is 2. The fraction of sp³-hybridized carbons (Fsp3) is 0.444. The van der Waals surface area contributed by atoms with E-state index >= 15 is 0 Å². The number of carbonyl (C=O) groups is 2. The lowest BCUT2D eigenvalue weighted by Crippen LogP contribution is -2.36. The van der Waals surface area contributed by atoms with Crippen LogP contribution >= 0.6 is 11.3 Å². The molecule has 0 radical (unpaired) electrons. The molecule has 1 aromatic carbocycles. The quantitative estimate of drug-likeness (QED) is 0.724. The lowest BCUT2D eigenvalue weighted by molar-refractivity contribution is -0.125. The Morgan fingerprint density at radius 1 is 1.28 bits per heavy atom. The molecule has 0 fully saturated rings. The normalized spacial score (nSPS) is 11.1. The Bertz CT molecular complexity index is 755. The molecule has 0 aliphatic heterocycles. The van der Waals surface area contributed by atoms with Crippen LogP contribution in [0.5, 0.6) is 0 Å². The Morgan fingerprint density at radius 3 is 2.64 bits per heavy atom. The fourth-order valence-corrected chi connectivity index (χ4v) is 3.69. The lowest BCUT2D eigenvalue weighted by Gasteiger charge is -2.14. The molecule has 2 aromatic rings. The van der Waals surface area contributed by atoms with E-state index in [-0.39, 0.29) is 30.0 Å². The Kier molecular flexibility index (Phi) is 6.90. The highest BCUT2D eigenvalue weighted by atomic mass is 32.1. The summed E-state index contributed by atoms with van der Waals surface area (Å²) in [6.45, 7) is 3.68. The number of hydrogen-bond donors (Lipinski definition) is 1. The van der Waals surface area contributed by atoms with Gasteiger partial charge >= 0.3 is 5.97 Å². The SMILES string of the molecule is CCC(CC)NC(=O)COC(=O)c1sc2cccc(F)c2c1COC. The topological polar surface area (TPSA) is 64.6 Å². The first kappa shape index (κ1) is 19.3. The van der Waals surface area contributed by atoms with Gasteiger partial charge in [0, 0.05) is 28.8 Å². The van der Waals surface area contributed by atoms with Gasteiger partial charge in [0.2, 0.25) is 0 Å². The highest BCUT2D eigenvalue weighted by molar-refractivity contribution is 7.21. The Balaban J connectivity index is 2.15. The third kappa shape index (κ3) is 4.55. The molecule has 5 nitrogen and oxygen atoms in total. The maximum absolute atomic E-state index is 14.1. The summed E-state index contributed by atoms with van der Waals surface area (Å²) in [6.07, 6.45) is 1.62. The highest BCUT2D eigenvalue weighted by Gasteiger charge is 2.22. The maximum Gasteiger partial charge on any atom is 0.349 e. The highest BCUT2D eigenvalue weighted by Crippen LogP contribution is 2.34. The molecule has 0 atom stereocenters. The standard InChI is InChI=1S/C18H22FNO4S/c1-4-11(5-2)20-15(21)10-24-18(22)17-12(9-23-3)16-13(19)7-6-8-14(16)25-17/h6-8,11H,4-5,9-10H2,1-3H3,(H,20,21). The molecule has 7 heteroatoms. The lowest BCUT2D eigenvalue weighted by atomic mass is 10.1. The van der Waals surface area contributed by atoms with Crippen molar-refractivity contribution >= 4 is 33.3 Å². The van der Waals surface area contributed by atoms with Crippen LogP contribution < -0.4 is 5.32 Å². The van der Waals surface area contributed by atoms with Gasteiger partial charge in [-0.3, -0.25) is 4.79 Å². The maximum atomic E-state index is 14.1. The van der Waals surface area contributed by atoms with Crippen molar-refractivity contribution in [2.45, 2.75) is 39.3 Å². The van der Waals surface area contributed by atoms with Gasteiger partial charge in [-0.15, -0.1) is 11.3 Å². The molecule has 1 heterocycles. The zero-order chi connectivity index (χ0) is 18.4. The van der Waals surface area contributed by atoms with Crippen molar-refractivity contribution in [2.75, 3.05) is 13.7 Å². The summed E-state index contributed by atoms with van der Waals surface area (Å²) in [5.41, 5.74) is 0.450. The van der Waals surface area contributed by atoms with Crippen LogP contribution in [0.1, 0.15) is 41.9 Å². The first-order valence-electron chi connectivity index (χ1n) is 8.17. The van der Waals surface area contributed by atoms with Gasteiger partial charge in [-0.25, -0.2) is 9.18 Å². The first-order valence-corrected chi connectivity index (χ1v) is 8.98. The van der Waals surface area contributed by atoms with Gasteiger partial charge in [0.25, 0.3) is 5.91 Å². The number of methoxy groups -OCH3 is 1. The van der Waals surface area contributed by atoms with E-state index in [1.54, 1.807) is 12.1 Å². The van der Waals surface area contributed by atoms with Gasteiger partial charge in [0.1, 0.15) is 10.7 Å². The zero-order valence-electron chi connectivity index (χ0n) is 14.6. The van der Waals surface area contributed by atoms with E-state index in [9.17, 15) is 14.0 Å². The second-order valence-electron chi connectivity index (χ2n) is 5.61. The largest absolute Gasteiger partial charge is 0.451 e. The Labute approximate surface area is 150 Å². The first-order chi connectivity index (χ1) is 12.0. The molecule has 0 unspecified atom stereocenters. The summed E-state index contributed by atoms with van der Waals surface area (Å²) in [4.78, 5) is 24.5. The summed E-state index contributed by atoms with van der Waals surface area (Å²) in [5.74, 6) is -1.40. The predicted octanol–water partition coefficient (Wildman–Crippen LogP) is 3.65. The number of fused-ring (bicyclic) bond motifs is 1. The molecule has 1 N–H and O–H groups in total. The molecular formula is C18H22FNO4S. The summed E-state index contributed by atoms with van der Waals surface area (Å²) in [6, 6.07) is 4.72. The van der Waals surface area contributed by atoms with Gasteiger partial charge < -0.3 is 14.8 Å². The van der Waals surface area contributed by atoms with Crippen LogP contribution in [0.25, 0.3) is 10.1 Å². The summed E-state index contributed by atoms with van der Waals surface area (Å²) >= 11 is 1.13. The van der Waals surface area contributed by atoms with Crippen molar-refractivity contribution in [3.63, 3.8) is 0 Å². The van der Waals surface area contributed by atoms with Crippen molar-refractivity contribution in [1.82, 2.24) is 5.32 Å². The number of thiophene rings is 1. The van der Waals surface area contributed by atoms with Gasteiger partial charge in [-0.1, -0.05) is 19.9 Å². The van der Waals surface area contributed by atoms with Crippen molar-refractivity contribution in [3.8, 4) is 0 Å². The zero-order valence-corrected chi connectivity index (χ0v) is 15.4. The third-order valence-corrected chi connectivity index (χ3v) is 5.10. The van der Waals surface area contributed by atoms with Crippen LogP contribution in [-0.2, 0) is 20.9 Å². The van der Waals surface area contributed by atoms with Gasteiger partial charge in [0.05, 0.1) is 6.61 Å². The molecule has 0 saturated heterocycles. The molecular weight excluding hydrogens is 345 g/mol. The molecule has 0 aliphatic carbocycles. The van der Waals surface area contributed by atoms with Crippen LogP contribution in [0.3, 0.4) is 0 Å². The molecule has 1 amide bonds. The molecule has 0 spiro atoms. The van der Waals surface area contributed by atoms with Crippen LogP contribution in [0.4, 0.5) is 4.39 Å². The number of carbonyl (C=O) groups excluding carboxylic acids is 2. The monoisotopic (exact) mass is 367 g/mol. The second kappa shape index (κ2) is 8.92. The van der Waals surface area contributed by atoms with Crippen molar-refractivity contribution in [3.05, 3.63) is 34.5 Å². The average molecular weight is 367 g/mol. The minimum atomic E-state index is -0.646. The van der Waals surface area contributed by atoms with E-state index in [0.717, 1.165) is 24.2 Å². The summed E-state index contributed by atoms with van der Waals surface area (Å²) < 4.78 is 25.0. The molecule has 2 rings (SSSR count). The number of rotatable bonds is 8. The van der Waals surface area contributed by atoms with Gasteiger partial charge in [-0.2, -0.15) is 0 Å². The number of hydrogen-bond acceptors (Lipinski definition) is 5. The van der Waals surface area contributed by atoms with Crippen molar-refractivity contribution < 1.29 is 23.5 Å². The second-order valence-corrected chi connectivity index (χ2v) is 6.66. The van der Waals surface area contributed by atoms with Gasteiger partial charge in [-0.05, 0) is 25.0 Å². The summed E-state index contributed by atoms with van der Waals surface area (Å²) in [7, 11) is 1.47. The number of halogens is 1. The van der Waals surface area contributed by atoms with Gasteiger partial charge in [0.15, 0.2) is 6.61 Å². The molecule has 136 valence electrons. The minimum Gasteiger partial charge on any atom is -0.451 e. The summed E-state index contributed by atoms with van der Waals surface area (Å²) in [5, 5.41) is 3.16. The van der Waals surface area contributed by atoms with Crippen LogP contribution in [0.15, 0.2) is 18.2 Å². The van der Waals surface area contributed by atoms with Crippen molar-refractivity contribution in [2.24, 2.45) is 0 Å². The van der Waals surface area contributed by atoms with E-state index in [4.69, 9.17) is 9.47 Å². The van der Waals surface area contributed by atoms with Crippen molar-refractivity contribution in [1.29, 1.82) is 0 Å². The Morgan fingerprint density at radius 2 is 2.00 bits per heavy atom. The fourth-order valence-electron chi connectivity index (χ4n) is 2.57. The molecule has 0 bridgehead atoms. The van der Waals surface area contributed by atoms with E-state index in [2.05, 4.69) is 5.32 Å². The molecule has 0 saturated carbocycles. The molecule has 0 aliphatic rings.